The minimum Gasteiger partial charge on any atom is -0.423 e. The molecule has 0 radical (unpaired) electrons. The Kier molecular flexibility index (Phi) is 6.94. The van der Waals surface area contributed by atoms with Gasteiger partial charge in [-0.15, -0.1) is 0 Å². The van der Waals surface area contributed by atoms with Gasteiger partial charge in [-0.05, 0) is 65.7 Å². The Balaban J connectivity index is 1.51. The van der Waals surface area contributed by atoms with Gasteiger partial charge in [0.15, 0.2) is 0 Å². The predicted octanol–water partition coefficient (Wildman–Crippen LogP) is 3.37. The number of aromatic nitrogens is 1. The van der Waals surface area contributed by atoms with E-state index in [1.54, 1.807) is 36.4 Å². The third-order valence-electron chi connectivity index (χ3n) is 3.94. The standard InChI is InChI=1S/C22H16N4O5/c27-21(10-5-16-1-6-19(7-2-16)26(29)30)31-20-8-3-17(4-9-20)15-24-25-22(28)18-11-13-23-14-12-18/h1-15H,(H,25,28)/b10-5+,24-15?. The molecular formula is C22H16N4O5. The van der Waals surface area contributed by atoms with Gasteiger partial charge in [0.1, 0.15) is 5.75 Å². The maximum absolute atomic E-state index is 11.9. The van der Waals surface area contributed by atoms with Gasteiger partial charge in [-0.25, -0.2) is 10.2 Å². The number of esters is 1. The molecule has 0 saturated carbocycles. The van der Waals surface area contributed by atoms with E-state index < -0.39 is 10.9 Å². The SMILES string of the molecule is O=C(/C=C/c1ccc([N+](=O)[O-])cc1)Oc1ccc(C=NNC(=O)c2ccncc2)cc1. The average molecular weight is 416 g/mol. The molecule has 1 N–H and O–H groups in total. The molecule has 0 spiro atoms. The molecular weight excluding hydrogens is 400 g/mol. The Hall–Kier alpha value is -4.66. The van der Waals surface area contributed by atoms with Crippen molar-refractivity contribution in [2.24, 2.45) is 5.10 Å². The first-order valence-corrected chi connectivity index (χ1v) is 8.99. The molecule has 0 atom stereocenters. The van der Waals surface area contributed by atoms with Crippen LogP contribution in [0.2, 0.25) is 0 Å². The van der Waals surface area contributed by atoms with E-state index in [0.717, 1.165) is 0 Å². The predicted molar refractivity (Wildman–Crippen MR) is 114 cm³/mol. The van der Waals surface area contributed by atoms with E-state index in [4.69, 9.17) is 4.74 Å². The van der Waals surface area contributed by atoms with Crippen molar-refractivity contribution in [3.63, 3.8) is 0 Å². The van der Waals surface area contributed by atoms with Crippen LogP contribution >= 0.6 is 0 Å². The number of benzene rings is 2. The van der Waals surface area contributed by atoms with E-state index in [1.165, 1.54) is 55.0 Å². The van der Waals surface area contributed by atoms with Crippen molar-refractivity contribution in [1.82, 2.24) is 10.4 Å². The van der Waals surface area contributed by atoms with Crippen LogP contribution in [0.25, 0.3) is 6.08 Å². The van der Waals surface area contributed by atoms with E-state index in [1.807, 2.05) is 0 Å². The molecule has 1 amide bonds. The van der Waals surface area contributed by atoms with Gasteiger partial charge in [0.25, 0.3) is 11.6 Å². The minimum absolute atomic E-state index is 0.0275. The van der Waals surface area contributed by atoms with Crippen molar-refractivity contribution in [3.05, 3.63) is 106 Å². The van der Waals surface area contributed by atoms with Crippen molar-refractivity contribution in [2.45, 2.75) is 0 Å². The number of nitro groups is 1. The summed E-state index contributed by atoms with van der Waals surface area (Å²) in [5, 5.41) is 14.5. The zero-order chi connectivity index (χ0) is 22.1. The molecule has 9 nitrogen and oxygen atoms in total. The lowest BCUT2D eigenvalue weighted by Gasteiger charge is -2.02. The Morgan fingerprint density at radius 1 is 0.968 bits per heavy atom. The number of carbonyl (C=O) groups is 2. The van der Waals surface area contributed by atoms with Crippen molar-refractivity contribution in [2.75, 3.05) is 0 Å². The van der Waals surface area contributed by atoms with E-state index in [2.05, 4.69) is 15.5 Å². The maximum atomic E-state index is 11.9. The molecule has 2 aromatic carbocycles. The lowest BCUT2D eigenvalue weighted by Crippen LogP contribution is -2.17. The number of ether oxygens (including phenoxy) is 1. The summed E-state index contributed by atoms with van der Waals surface area (Å²) < 4.78 is 5.20. The smallest absolute Gasteiger partial charge is 0.336 e. The van der Waals surface area contributed by atoms with Gasteiger partial charge in [-0.3, -0.25) is 19.9 Å². The molecule has 0 aliphatic carbocycles. The zero-order valence-corrected chi connectivity index (χ0v) is 16.0. The van der Waals surface area contributed by atoms with Crippen LogP contribution < -0.4 is 10.2 Å². The highest BCUT2D eigenvalue weighted by molar-refractivity contribution is 5.94. The Labute approximate surface area is 176 Å². The van der Waals surface area contributed by atoms with Crippen LogP contribution in [0.15, 0.2) is 84.2 Å². The summed E-state index contributed by atoms with van der Waals surface area (Å²) >= 11 is 0. The molecule has 3 rings (SSSR count). The zero-order valence-electron chi connectivity index (χ0n) is 16.0. The third kappa shape index (κ3) is 6.43. The highest BCUT2D eigenvalue weighted by atomic mass is 16.6. The summed E-state index contributed by atoms with van der Waals surface area (Å²) in [6.07, 6.45) is 7.21. The summed E-state index contributed by atoms with van der Waals surface area (Å²) in [6, 6.07) is 15.4. The molecule has 0 bridgehead atoms. The fourth-order valence-electron chi connectivity index (χ4n) is 2.38. The summed E-state index contributed by atoms with van der Waals surface area (Å²) in [7, 11) is 0. The first kappa shape index (κ1) is 21.1. The van der Waals surface area contributed by atoms with Crippen LogP contribution in [-0.2, 0) is 4.79 Å². The van der Waals surface area contributed by atoms with Crippen LogP contribution in [0.3, 0.4) is 0 Å². The lowest BCUT2D eigenvalue weighted by molar-refractivity contribution is -0.384. The van der Waals surface area contributed by atoms with Gasteiger partial charge in [0.2, 0.25) is 0 Å². The Bertz CT molecular complexity index is 1120. The van der Waals surface area contributed by atoms with Gasteiger partial charge < -0.3 is 4.74 Å². The molecule has 0 unspecified atom stereocenters. The second-order valence-electron chi connectivity index (χ2n) is 6.11. The van der Waals surface area contributed by atoms with E-state index >= 15 is 0 Å². The second kappa shape index (κ2) is 10.2. The monoisotopic (exact) mass is 416 g/mol. The second-order valence-corrected chi connectivity index (χ2v) is 6.11. The van der Waals surface area contributed by atoms with Gasteiger partial charge in [-0.1, -0.05) is 0 Å². The maximum Gasteiger partial charge on any atom is 0.336 e. The topological polar surface area (TPSA) is 124 Å². The number of rotatable bonds is 7. The van der Waals surface area contributed by atoms with E-state index in [0.29, 0.717) is 22.4 Å². The van der Waals surface area contributed by atoms with E-state index in [9.17, 15) is 19.7 Å². The van der Waals surface area contributed by atoms with E-state index in [-0.39, 0.29) is 11.6 Å². The van der Waals surface area contributed by atoms with Gasteiger partial charge in [0, 0.05) is 36.2 Å². The summed E-state index contributed by atoms with van der Waals surface area (Å²) in [4.78, 5) is 37.8. The van der Waals surface area contributed by atoms with Crippen LogP contribution in [-0.4, -0.2) is 28.0 Å². The number of nitrogens with one attached hydrogen (secondary N) is 1. The third-order valence-corrected chi connectivity index (χ3v) is 3.94. The first-order chi connectivity index (χ1) is 15.0. The molecule has 3 aromatic rings. The van der Waals surface area contributed by atoms with Crippen LogP contribution in [0.4, 0.5) is 5.69 Å². The molecule has 0 fully saturated rings. The number of nitro benzene ring substituents is 1. The van der Waals surface area contributed by atoms with Crippen molar-refractivity contribution >= 4 is 29.9 Å². The Morgan fingerprint density at radius 3 is 2.26 bits per heavy atom. The number of pyridine rings is 1. The molecule has 9 heteroatoms. The lowest BCUT2D eigenvalue weighted by atomic mass is 10.2. The molecule has 154 valence electrons. The molecule has 0 saturated heterocycles. The van der Waals surface area contributed by atoms with Gasteiger partial charge >= 0.3 is 5.97 Å². The highest BCUT2D eigenvalue weighted by Crippen LogP contribution is 2.14. The Morgan fingerprint density at radius 2 is 1.61 bits per heavy atom. The number of hydrogen-bond donors (Lipinski definition) is 1. The summed E-state index contributed by atoms with van der Waals surface area (Å²) in [5.41, 5.74) is 4.14. The van der Waals surface area contributed by atoms with Gasteiger partial charge in [-0.2, -0.15) is 5.10 Å². The minimum atomic E-state index is -0.593. The number of non-ortho nitro benzene ring substituents is 1. The normalized spacial score (nSPS) is 10.8. The van der Waals surface area contributed by atoms with Gasteiger partial charge in [0.05, 0.1) is 11.1 Å². The van der Waals surface area contributed by atoms with Crippen LogP contribution in [0, 0.1) is 10.1 Å². The number of carbonyl (C=O) groups excluding carboxylic acids is 2. The molecule has 1 aromatic heterocycles. The van der Waals surface area contributed by atoms with Crippen LogP contribution in [0.1, 0.15) is 21.5 Å². The molecule has 31 heavy (non-hydrogen) atoms. The quantitative estimate of drug-likeness (QED) is 0.157. The molecule has 1 heterocycles. The largest absolute Gasteiger partial charge is 0.423 e. The molecule has 0 aliphatic rings. The van der Waals surface area contributed by atoms with Crippen molar-refractivity contribution < 1.29 is 19.2 Å². The number of nitrogens with zero attached hydrogens (tertiary/aromatic N) is 3. The van der Waals surface area contributed by atoms with Crippen molar-refractivity contribution in [3.8, 4) is 5.75 Å². The first-order valence-electron chi connectivity index (χ1n) is 8.99. The highest BCUT2D eigenvalue weighted by Gasteiger charge is 2.04. The fourth-order valence-corrected chi connectivity index (χ4v) is 2.38. The fraction of sp³-hybridized carbons (Fsp3) is 0. The average Bonchev–Trinajstić information content (AvgIpc) is 2.79. The number of amides is 1. The van der Waals surface area contributed by atoms with Crippen molar-refractivity contribution in [1.29, 1.82) is 0 Å². The number of hydrazone groups is 1. The molecule has 0 aliphatic heterocycles. The van der Waals surface area contributed by atoms with Crippen LogP contribution in [0.5, 0.6) is 5.75 Å². The summed E-state index contributed by atoms with van der Waals surface area (Å²) in [5.74, 6) is -0.621. The number of hydrogen-bond acceptors (Lipinski definition) is 7. The summed E-state index contributed by atoms with van der Waals surface area (Å²) in [6.45, 7) is 0.